The van der Waals surface area contributed by atoms with E-state index in [0.717, 1.165) is 5.92 Å². The number of hydrogen-bond acceptors (Lipinski definition) is 1. The molecule has 0 radical (unpaired) electrons. The third kappa shape index (κ3) is 15.0. The molecule has 2 heteroatoms. The lowest BCUT2D eigenvalue weighted by molar-refractivity contribution is 0.180. The van der Waals surface area contributed by atoms with E-state index in [9.17, 15) is 0 Å². The molecule has 1 aliphatic heterocycles. The Balaban J connectivity index is 0.00000529. The van der Waals surface area contributed by atoms with Crippen LogP contribution < -0.4 is 0 Å². The average molecular weight is 452 g/mol. The van der Waals surface area contributed by atoms with Gasteiger partial charge in [-0.05, 0) is 38.3 Å². The zero-order chi connectivity index (χ0) is 16.6. The molecule has 24 heavy (non-hydrogen) atoms. The molecule has 0 aromatic heterocycles. The molecule has 0 aromatic carbocycles. The van der Waals surface area contributed by atoms with Gasteiger partial charge in [-0.2, -0.15) is 0 Å². The molecule has 0 aliphatic carbocycles. The van der Waals surface area contributed by atoms with E-state index in [4.69, 9.17) is 0 Å². The second-order valence-electron chi connectivity index (χ2n) is 8.14. The van der Waals surface area contributed by atoms with Crippen LogP contribution >= 0.6 is 24.0 Å². The van der Waals surface area contributed by atoms with Gasteiger partial charge < -0.3 is 4.90 Å². The molecule has 0 saturated carbocycles. The fraction of sp³-hybridized carbons (Fsp3) is 1.00. The lowest BCUT2D eigenvalue weighted by atomic mass is 10.00. The van der Waals surface area contributed by atoms with E-state index < -0.39 is 0 Å². The van der Waals surface area contributed by atoms with Crippen molar-refractivity contribution in [2.45, 2.75) is 117 Å². The van der Waals surface area contributed by atoms with E-state index in [0.29, 0.717) is 0 Å². The summed E-state index contributed by atoms with van der Waals surface area (Å²) in [7, 11) is 0. The van der Waals surface area contributed by atoms with E-state index in [1.54, 1.807) is 0 Å². The van der Waals surface area contributed by atoms with Crippen LogP contribution in [0.1, 0.15) is 117 Å². The van der Waals surface area contributed by atoms with Gasteiger partial charge in [0.1, 0.15) is 0 Å². The second kappa shape index (κ2) is 18.5. The van der Waals surface area contributed by atoms with Crippen molar-refractivity contribution in [3.63, 3.8) is 0 Å². The van der Waals surface area contributed by atoms with E-state index >= 15 is 0 Å². The van der Waals surface area contributed by atoms with Crippen molar-refractivity contribution in [1.82, 2.24) is 4.90 Å². The van der Waals surface area contributed by atoms with Gasteiger partial charge in [-0.3, -0.25) is 0 Å². The molecule has 1 heterocycles. The molecule has 0 amide bonds. The van der Waals surface area contributed by atoms with Crippen molar-refractivity contribution >= 4 is 24.0 Å². The number of likely N-dealkylation sites (tertiary alicyclic amines) is 1. The molecule has 1 saturated heterocycles. The molecule has 1 atom stereocenters. The van der Waals surface area contributed by atoms with Crippen LogP contribution in [0, 0.1) is 5.92 Å². The predicted molar refractivity (Wildman–Crippen MR) is 121 cm³/mol. The minimum Gasteiger partial charge on any atom is -0.303 e. The van der Waals surface area contributed by atoms with Gasteiger partial charge in [0.2, 0.25) is 0 Å². The predicted octanol–water partition coefficient (Wildman–Crippen LogP) is 7.82. The van der Waals surface area contributed by atoms with Gasteiger partial charge >= 0.3 is 0 Å². The Morgan fingerprint density at radius 1 is 0.708 bits per heavy atom. The minimum absolute atomic E-state index is 0. The Bertz CT molecular complexity index is 244. The van der Waals surface area contributed by atoms with Gasteiger partial charge in [0.25, 0.3) is 0 Å². The zero-order valence-corrected chi connectivity index (χ0v) is 19.2. The summed E-state index contributed by atoms with van der Waals surface area (Å²) in [4.78, 5) is 2.70. The van der Waals surface area contributed by atoms with Crippen LogP contribution in [-0.2, 0) is 0 Å². The van der Waals surface area contributed by atoms with Gasteiger partial charge in [-0.25, -0.2) is 0 Å². The van der Waals surface area contributed by atoms with Crippen LogP contribution in [0.15, 0.2) is 0 Å². The molecule has 0 aromatic rings. The monoisotopic (exact) mass is 451 g/mol. The van der Waals surface area contributed by atoms with Crippen LogP contribution in [0.4, 0.5) is 0 Å². The van der Waals surface area contributed by atoms with Gasteiger partial charge in [0.05, 0.1) is 0 Å². The lowest BCUT2D eigenvalue weighted by Gasteiger charge is -2.30. The smallest absolute Gasteiger partial charge is 0.000703 e. The van der Waals surface area contributed by atoms with Crippen molar-refractivity contribution in [2.24, 2.45) is 5.92 Å². The van der Waals surface area contributed by atoms with Crippen molar-refractivity contribution in [3.05, 3.63) is 0 Å². The number of halogens is 1. The maximum Gasteiger partial charge on any atom is 0.000703 e. The molecule has 146 valence electrons. The number of unbranched alkanes of at least 4 members (excludes halogenated alkanes) is 13. The summed E-state index contributed by atoms with van der Waals surface area (Å²) in [6.07, 6.45) is 23.4. The largest absolute Gasteiger partial charge is 0.303 e. The summed E-state index contributed by atoms with van der Waals surface area (Å²) < 4.78 is 0. The summed E-state index contributed by atoms with van der Waals surface area (Å²) in [5.41, 5.74) is 0. The van der Waals surface area contributed by atoms with Crippen LogP contribution in [0.25, 0.3) is 0 Å². The topological polar surface area (TPSA) is 3.24 Å². The molecule has 0 spiro atoms. The number of hydrogen-bond donors (Lipinski definition) is 0. The molecule has 1 rings (SSSR count). The summed E-state index contributed by atoms with van der Waals surface area (Å²) in [6, 6.07) is 0. The van der Waals surface area contributed by atoms with Crippen molar-refractivity contribution < 1.29 is 0 Å². The van der Waals surface area contributed by atoms with Gasteiger partial charge in [0, 0.05) is 6.54 Å². The molecule has 0 bridgehead atoms. The Hall–Kier alpha value is 0.690. The van der Waals surface area contributed by atoms with Crippen molar-refractivity contribution in [1.29, 1.82) is 0 Å². The molecule has 1 aliphatic rings. The fourth-order valence-corrected chi connectivity index (χ4v) is 4.02. The average Bonchev–Trinajstić information content (AvgIpc) is 2.55. The molecule has 1 fully saturated rings. The molecule has 1 nitrogen and oxygen atoms in total. The van der Waals surface area contributed by atoms with Crippen LogP contribution in [0.3, 0.4) is 0 Å². The first kappa shape index (κ1) is 24.7. The molecule has 1 unspecified atom stereocenters. The van der Waals surface area contributed by atoms with Gasteiger partial charge in [-0.1, -0.05) is 97.3 Å². The van der Waals surface area contributed by atoms with E-state index in [1.807, 2.05) is 0 Å². The summed E-state index contributed by atoms with van der Waals surface area (Å²) in [6.45, 7) is 8.80. The second-order valence-corrected chi connectivity index (χ2v) is 8.14. The SMILES string of the molecule is CCCCCCCCCCCCCCCCN1CCCC(C)C1.I. The first-order chi connectivity index (χ1) is 11.3. The highest BCUT2D eigenvalue weighted by atomic mass is 127. The highest BCUT2D eigenvalue weighted by Gasteiger charge is 2.14. The first-order valence-electron chi connectivity index (χ1n) is 11.0. The maximum absolute atomic E-state index is 2.70. The van der Waals surface area contributed by atoms with E-state index in [2.05, 4.69) is 18.7 Å². The summed E-state index contributed by atoms with van der Waals surface area (Å²) in [5.74, 6) is 0.940. The zero-order valence-electron chi connectivity index (χ0n) is 16.9. The Labute approximate surface area is 170 Å². The number of nitrogens with zero attached hydrogens (tertiary/aromatic N) is 1. The Kier molecular flexibility index (Phi) is 19.0. The third-order valence-corrected chi connectivity index (χ3v) is 5.57. The van der Waals surface area contributed by atoms with E-state index in [-0.39, 0.29) is 24.0 Å². The highest BCUT2D eigenvalue weighted by molar-refractivity contribution is 14.0. The van der Waals surface area contributed by atoms with Gasteiger partial charge in [-0.15, -0.1) is 24.0 Å². The van der Waals surface area contributed by atoms with E-state index in [1.165, 1.54) is 122 Å². The standard InChI is InChI=1S/C22H45N.HI/c1-3-4-5-6-7-8-9-10-11-12-13-14-15-16-19-23-20-17-18-22(2)21-23;/h22H,3-21H2,1-2H3;1H. The quantitative estimate of drug-likeness (QED) is 0.181. The minimum atomic E-state index is 0. The van der Waals surface area contributed by atoms with Crippen molar-refractivity contribution in [3.8, 4) is 0 Å². The Morgan fingerprint density at radius 2 is 1.17 bits per heavy atom. The molecular formula is C22H46IN. The normalized spacial score (nSPS) is 18.5. The van der Waals surface area contributed by atoms with Crippen molar-refractivity contribution in [2.75, 3.05) is 19.6 Å². The number of piperidine rings is 1. The summed E-state index contributed by atoms with van der Waals surface area (Å²) in [5, 5.41) is 0. The lowest BCUT2D eigenvalue weighted by Crippen LogP contribution is -2.34. The fourth-order valence-electron chi connectivity index (χ4n) is 4.02. The molecular weight excluding hydrogens is 405 g/mol. The third-order valence-electron chi connectivity index (χ3n) is 5.57. The van der Waals surface area contributed by atoms with Gasteiger partial charge in [0.15, 0.2) is 0 Å². The highest BCUT2D eigenvalue weighted by Crippen LogP contribution is 2.17. The van der Waals surface area contributed by atoms with Crippen LogP contribution in [-0.4, -0.2) is 24.5 Å². The molecule has 0 N–H and O–H groups in total. The summed E-state index contributed by atoms with van der Waals surface area (Å²) >= 11 is 0. The van der Waals surface area contributed by atoms with Crippen LogP contribution in [0.5, 0.6) is 0 Å². The number of rotatable bonds is 15. The van der Waals surface area contributed by atoms with Crippen LogP contribution in [0.2, 0.25) is 0 Å². The Morgan fingerprint density at radius 3 is 1.62 bits per heavy atom. The maximum atomic E-state index is 2.70. The first-order valence-corrected chi connectivity index (χ1v) is 11.0.